The molecule has 1 unspecified atom stereocenters. The average molecular weight is 467 g/mol. The van der Waals surface area contributed by atoms with Crippen molar-refractivity contribution in [3.05, 3.63) is 101 Å². The monoisotopic (exact) mass is 466 g/mol. The Morgan fingerprint density at radius 2 is 1.78 bits per heavy atom. The third-order valence-electron chi connectivity index (χ3n) is 5.85. The van der Waals surface area contributed by atoms with Crippen molar-refractivity contribution in [2.75, 3.05) is 0 Å². The van der Waals surface area contributed by atoms with Gasteiger partial charge in [0, 0.05) is 17.0 Å². The van der Waals surface area contributed by atoms with E-state index in [1.807, 2.05) is 26.0 Å². The zero-order valence-electron chi connectivity index (χ0n) is 17.6. The largest absolute Gasteiger partial charge is 0.294 e. The second kappa shape index (κ2) is 7.64. The molecule has 2 aromatic carbocycles. The second-order valence-corrected chi connectivity index (χ2v) is 10.4. The van der Waals surface area contributed by atoms with Crippen LogP contribution >= 0.6 is 22.9 Å². The van der Waals surface area contributed by atoms with E-state index in [0.29, 0.717) is 38.3 Å². The fourth-order valence-electron chi connectivity index (χ4n) is 4.42. The van der Waals surface area contributed by atoms with Crippen LogP contribution in [0, 0.1) is 11.2 Å². The SMILES string of the molecule is CC1(C)CC(=O)C2=C(C1)N=c1sc(=Cc3ccc(Cl)cc3)c(=O)n1C2c1ccc(F)cc1. The summed E-state index contributed by atoms with van der Waals surface area (Å²) in [4.78, 5) is 32.0. The molecule has 1 aromatic heterocycles. The number of nitrogens with zero attached hydrogens (tertiary/aromatic N) is 2. The third-order valence-corrected chi connectivity index (χ3v) is 7.08. The molecule has 0 amide bonds. The maximum absolute atomic E-state index is 13.6. The number of aromatic nitrogens is 1. The summed E-state index contributed by atoms with van der Waals surface area (Å²) in [6, 6.07) is 12.6. The van der Waals surface area contributed by atoms with Gasteiger partial charge in [0.15, 0.2) is 10.6 Å². The topological polar surface area (TPSA) is 51.4 Å². The minimum Gasteiger partial charge on any atom is -0.294 e. The summed E-state index contributed by atoms with van der Waals surface area (Å²) >= 11 is 7.27. The number of hydrogen-bond donors (Lipinski definition) is 0. The number of carbonyl (C=O) groups excluding carboxylic acids is 1. The number of fused-ring (bicyclic) bond motifs is 1. The van der Waals surface area contributed by atoms with Crippen LogP contribution in [0.4, 0.5) is 4.39 Å². The normalized spacial score (nSPS) is 20.1. The lowest BCUT2D eigenvalue weighted by Crippen LogP contribution is -2.42. The molecule has 32 heavy (non-hydrogen) atoms. The summed E-state index contributed by atoms with van der Waals surface area (Å²) in [5.74, 6) is -0.379. The molecule has 0 saturated carbocycles. The van der Waals surface area contributed by atoms with Crippen molar-refractivity contribution in [3.8, 4) is 0 Å². The molecule has 2 heterocycles. The number of benzene rings is 2. The Labute approximate surface area is 193 Å². The molecule has 0 radical (unpaired) electrons. The first kappa shape index (κ1) is 21.0. The van der Waals surface area contributed by atoms with Gasteiger partial charge in [0.1, 0.15) is 5.82 Å². The lowest BCUT2D eigenvalue weighted by Gasteiger charge is -2.35. The smallest absolute Gasteiger partial charge is 0.271 e. The van der Waals surface area contributed by atoms with E-state index < -0.39 is 6.04 Å². The lowest BCUT2D eigenvalue weighted by molar-refractivity contribution is -0.118. The number of carbonyl (C=O) groups is 1. The number of thiazole rings is 1. The Kier molecular flexibility index (Phi) is 5.02. The summed E-state index contributed by atoms with van der Waals surface area (Å²) in [6.45, 7) is 4.10. The van der Waals surface area contributed by atoms with Crippen LogP contribution in [0.2, 0.25) is 5.02 Å². The maximum Gasteiger partial charge on any atom is 0.271 e. The lowest BCUT2D eigenvalue weighted by atomic mass is 9.73. The molecule has 0 fully saturated rings. The molecule has 1 aliphatic heterocycles. The first-order valence-corrected chi connectivity index (χ1v) is 11.5. The van der Waals surface area contributed by atoms with Crippen molar-refractivity contribution in [2.45, 2.75) is 32.7 Å². The highest BCUT2D eigenvalue weighted by molar-refractivity contribution is 7.07. The maximum atomic E-state index is 13.6. The van der Waals surface area contributed by atoms with Gasteiger partial charge in [-0.25, -0.2) is 9.38 Å². The van der Waals surface area contributed by atoms with E-state index in [-0.39, 0.29) is 22.6 Å². The van der Waals surface area contributed by atoms with E-state index in [1.54, 1.807) is 34.9 Å². The molecular weight excluding hydrogens is 447 g/mol. The van der Waals surface area contributed by atoms with Crippen molar-refractivity contribution in [1.29, 1.82) is 0 Å². The minimum absolute atomic E-state index is 0.0127. The molecule has 1 atom stereocenters. The Morgan fingerprint density at radius 3 is 2.47 bits per heavy atom. The second-order valence-electron chi connectivity index (χ2n) is 8.99. The average Bonchev–Trinajstić information content (AvgIpc) is 3.03. The predicted octanol–water partition coefficient (Wildman–Crippen LogP) is 4.40. The molecule has 0 spiro atoms. The van der Waals surface area contributed by atoms with Gasteiger partial charge >= 0.3 is 0 Å². The predicted molar refractivity (Wildman–Crippen MR) is 124 cm³/mol. The molecule has 0 saturated heterocycles. The van der Waals surface area contributed by atoms with Gasteiger partial charge in [-0.2, -0.15) is 0 Å². The Bertz CT molecular complexity index is 1450. The molecular formula is C25H20ClFN2O2S. The molecule has 0 N–H and O–H groups in total. The molecule has 2 aliphatic rings. The molecule has 7 heteroatoms. The summed E-state index contributed by atoms with van der Waals surface area (Å²) in [5.41, 5.74) is 2.38. The molecule has 4 nitrogen and oxygen atoms in total. The number of allylic oxidation sites excluding steroid dienone is 2. The van der Waals surface area contributed by atoms with Crippen LogP contribution in [-0.4, -0.2) is 10.4 Å². The number of hydrogen-bond acceptors (Lipinski definition) is 4. The molecule has 3 aromatic rings. The summed E-state index contributed by atoms with van der Waals surface area (Å²) < 4.78 is 15.7. The van der Waals surface area contributed by atoms with E-state index in [4.69, 9.17) is 16.6 Å². The number of Topliss-reactive ketones (excluding diaryl/α,β-unsaturated/α-hetero) is 1. The van der Waals surface area contributed by atoms with Crippen molar-refractivity contribution in [2.24, 2.45) is 10.4 Å². The molecule has 0 bridgehead atoms. The van der Waals surface area contributed by atoms with Crippen molar-refractivity contribution in [1.82, 2.24) is 4.57 Å². The first-order valence-electron chi connectivity index (χ1n) is 10.3. The zero-order valence-corrected chi connectivity index (χ0v) is 19.1. The summed E-state index contributed by atoms with van der Waals surface area (Å²) in [6.07, 6.45) is 2.84. The fourth-order valence-corrected chi connectivity index (χ4v) is 5.57. The molecule has 5 rings (SSSR count). The first-order chi connectivity index (χ1) is 15.2. The van der Waals surface area contributed by atoms with Crippen LogP contribution in [0.1, 0.15) is 43.9 Å². The zero-order chi connectivity index (χ0) is 22.6. The summed E-state index contributed by atoms with van der Waals surface area (Å²) in [5, 5.41) is 0.619. The van der Waals surface area contributed by atoms with E-state index in [2.05, 4.69) is 0 Å². The van der Waals surface area contributed by atoms with Gasteiger partial charge < -0.3 is 0 Å². The van der Waals surface area contributed by atoms with Crippen LogP contribution in [0.15, 0.2) is 69.6 Å². The minimum atomic E-state index is -0.613. The number of halogens is 2. The van der Waals surface area contributed by atoms with Gasteiger partial charge in [-0.15, -0.1) is 0 Å². The standard InChI is InChI=1S/C25H20ClFN2O2S/c1-25(2)12-18-21(19(30)13-25)22(15-5-9-17(27)10-6-15)29-23(31)20(32-24(29)28-18)11-14-3-7-16(26)8-4-14/h3-11,22H,12-13H2,1-2H3. The fraction of sp³-hybridized carbons (Fsp3) is 0.240. The van der Waals surface area contributed by atoms with Gasteiger partial charge in [0.05, 0.1) is 16.3 Å². The van der Waals surface area contributed by atoms with Crippen LogP contribution in [0.3, 0.4) is 0 Å². The van der Waals surface area contributed by atoms with Gasteiger partial charge in [-0.05, 0) is 53.3 Å². The van der Waals surface area contributed by atoms with Gasteiger partial charge in [0.25, 0.3) is 5.56 Å². The van der Waals surface area contributed by atoms with Gasteiger partial charge in [0.2, 0.25) is 0 Å². The van der Waals surface area contributed by atoms with E-state index in [9.17, 15) is 14.0 Å². The van der Waals surface area contributed by atoms with E-state index in [0.717, 1.165) is 11.3 Å². The van der Waals surface area contributed by atoms with Gasteiger partial charge in [-0.1, -0.05) is 61.1 Å². The van der Waals surface area contributed by atoms with Crippen LogP contribution in [0.5, 0.6) is 0 Å². The Hall–Kier alpha value is -2.83. The van der Waals surface area contributed by atoms with E-state index in [1.165, 1.54) is 23.5 Å². The Balaban J connectivity index is 1.76. The number of ketones is 1. The highest BCUT2D eigenvalue weighted by atomic mass is 35.5. The van der Waals surface area contributed by atoms with Crippen LogP contribution in [0.25, 0.3) is 6.08 Å². The highest BCUT2D eigenvalue weighted by Crippen LogP contribution is 2.43. The van der Waals surface area contributed by atoms with Crippen LogP contribution < -0.4 is 14.9 Å². The van der Waals surface area contributed by atoms with Crippen molar-refractivity contribution in [3.63, 3.8) is 0 Å². The van der Waals surface area contributed by atoms with Crippen LogP contribution in [-0.2, 0) is 4.79 Å². The molecule has 162 valence electrons. The molecule has 1 aliphatic carbocycles. The Morgan fingerprint density at radius 1 is 1.09 bits per heavy atom. The quantitative estimate of drug-likeness (QED) is 0.562. The van der Waals surface area contributed by atoms with E-state index >= 15 is 0 Å². The van der Waals surface area contributed by atoms with Gasteiger partial charge in [-0.3, -0.25) is 14.2 Å². The highest BCUT2D eigenvalue weighted by Gasteiger charge is 2.40. The van der Waals surface area contributed by atoms with Crippen molar-refractivity contribution >= 4 is 34.8 Å². The third kappa shape index (κ3) is 3.67. The number of rotatable bonds is 2. The summed E-state index contributed by atoms with van der Waals surface area (Å²) in [7, 11) is 0. The van der Waals surface area contributed by atoms with Crippen molar-refractivity contribution < 1.29 is 9.18 Å².